The van der Waals surface area contributed by atoms with Crippen LogP contribution in [0.4, 0.5) is 0 Å². The van der Waals surface area contributed by atoms with E-state index >= 15 is 0 Å². The molecule has 1 aromatic heterocycles. The standard InChI is InChI=1S/C18H21BrN2O2S/c1-11(2)14-8-15(19)13(4)7-16(14)23-10-18(22)21-20-9-17-12(3)5-6-24-17/h5-9,11H,10H2,1-4H3,(H,21,22)/b20-9+. The zero-order valence-electron chi connectivity index (χ0n) is 14.2. The van der Waals surface area contributed by atoms with E-state index in [-0.39, 0.29) is 12.5 Å². The Morgan fingerprint density at radius 1 is 1.38 bits per heavy atom. The highest BCUT2D eigenvalue weighted by molar-refractivity contribution is 9.10. The number of rotatable bonds is 6. The van der Waals surface area contributed by atoms with Crippen molar-refractivity contribution in [3.05, 3.63) is 49.6 Å². The van der Waals surface area contributed by atoms with Crippen LogP contribution in [0.3, 0.4) is 0 Å². The van der Waals surface area contributed by atoms with Gasteiger partial charge in [0.1, 0.15) is 5.75 Å². The van der Waals surface area contributed by atoms with Gasteiger partial charge in [-0.2, -0.15) is 5.10 Å². The van der Waals surface area contributed by atoms with Crippen LogP contribution in [0.5, 0.6) is 5.75 Å². The quantitative estimate of drug-likeness (QED) is 0.552. The SMILES string of the molecule is Cc1cc(OCC(=O)N/N=C/c2sccc2C)c(C(C)C)cc1Br. The van der Waals surface area contributed by atoms with Crippen LogP contribution in [-0.2, 0) is 4.79 Å². The Labute approximate surface area is 155 Å². The van der Waals surface area contributed by atoms with Crippen molar-refractivity contribution in [2.75, 3.05) is 6.61 Å². The molecule has 4 nitrogen and oxygen atoms in total. The van der Waals surface area contributed by atoms with Crippen LogP contribution in [0.2, 0.25) is 0 Å². The summed E-state index contributed by atoms with van der Waals surface area (Å²) in [5.41, 5.74) is 5.77. The van der Waals surface area contributed by atoms with Crippen LogP contribution in [0.1, 0.15) is 41.3 Å². The van der Waals surface area contributed by atoms with Crippen molar-refractivity contribution in [3.8, 4) is 5.75 Å². The van der Waals surface area contributed by atoms with Crippen molar-refractivity contribution < 1.29 is 9.53 Å². The summed E-state index contributed by atoms with van der Waals surface area (Å²) >= 11 is 5.12. The van der Waals surface area contributed by atoms with Crippen molar-refractivity contribution in [2.24, 2.45) is 5.10 Å². The molecule has 0 aliphatic rings. The Morgan fingerprint density at radius 2 is 2.12 bits per heavy atom. The summed E-state index contributed by atoms with van der Waals surface area (Å²) in [5, 5.41) is 5.97. The van der Waals surface area contributed by atoms with Gasteiger partial charge in [0.25, 0.3) is 5.91 Å². The Hall–Kier alpha value is -1.66. The maximum atomic E-state index is 11.9. The average Bonchev–Trinajstić information content (AvgIpc) is 2.93. The van der Waals surface area contributed by atoms with Gasteiger partial charge in [-0.15, -0.1) is 11.3 Å². The second-order valence-electron chi connectivity index (χ2n) is 5.84. The molecule has 0 unspecified atom stereocenters. The predicted octanol–water partition coefficient (Wildman–Crippen LogP) is 4.78. The second-order valence-corrected chi connectivity index (χ2v) is 7.65. The van der Waals surface area contributed by atoms with Gasteiger partial charge in [0.15, 0.2) is 6.61 Å². The molecule has 2 rings (SSSR count). The van der Waals surface area contributed by atoms with E-state index in [1.54, 1.807) is 17.6 Å². The lowest BCUT2D eigenvalue weighted by molar-refractivity contribution is -0.123. The molecule has 0 aliphatic heterocycles. The van der Waals surface area contributed by atoms with Crippen LogP contribution in [0, 0.1) is 13.8 Å². The molecule has 24 heavy (non-hydrogen) atoms. The highest BCUT2D eigenvalue weighted by atomic mass is 79.9. The third-order valence-corrected chi connectivity index (χ3v) is 5.35. The number of carbonyl (C=O) groups is 1. The molecule has 1 heterocycles. The minimum Gasteiger partial charge on any atom is -0.483 e. The van der Waals surface area contributed by atoms with Gasteiger partial charge in [-0.1, -0.05) is 29.8 Å². The van der Waals surface area contributed by atoms with E-state index < -0.39 is 0 Å². The Bertz CT molecular complexity index is 753. The summed E-state index contributed by atoms with van der Waals surface area (Å²) in [6, 6.07) is 6.01. The summed E-state index contributed by atoms with van der Waals surface area (Å²) < 4.78 is 6.74. The van der Waals surface area contributed by atoms with E-state index in [4.69, 9.17) is 4.74 Å². The van der Waals surface area contributed by atoms with Crippen LogP contribution in [-0.4, -0.2) is 18.7 Å². The van der Waals surface area contributed by atoms with Crippen molar-refractivity contribution >= 4 is 39.4 Å². The van der Waals surface area contributed by atoms with E-state index in [1.165, 1.54) is 0 Å². The lowest BCUT2D eigenvalue weighted by Crippen LogP contribution is -2.25. The van der Waals surface area contributed by atoms with Gasteiger partial charge in [-0.25, -0.2) is 5.43 Å². The molecule has 128 valence electrons. The van der Waals surface area contributed by atoms with Crippen LogP contribution in [0.15, 0.2) is 33.2 Å². The maximum absolute atomic E-state index is 11.9. The van der Waals surface area contributed by atoms with E-state index in [9.17, 15) is 4.79 Å². The lowest BCUT2D eigenvalue weighted by Gasteiger charge is -2.15. The van der Waals surface area contributed by atoms with E-state index in [2.05, 4.69) is 40.3 Å². The first kappa shape index (κ1) is 18.7. The molecule has 0 fully saturated rings. The van der Waals surface area contributed by atoms with Gasteiger partial charge >= 0.3 is 0 Å². The van der Waals surface area contributed by atoms with Crippen LogP contribution < -0.4 is 10.2 Å². The minimum atomic E-state index is -0.282. The summed E-state index contributed by atoms with van der Waals surface area (Å²) in [4.78, 5) is 12.9. The van der Waals surface area contributed by atoms with Gasteiger partial charge in [-0.05, 0) is 60.0 Å². The number of halogens is 1. The smallest absolute Gasteiger partial charge is 0.277 e. The Morgan fingerprint density at radius 3 is 2.75 bits per heavy atom. The first-order valence-corrected chi connectivity index (χ1v) is 9.34. The van der Waals surface area contributed by atoms with E-state index in [0.717, 1.165) is 31.8 Å². The van der Waals surface area contributed by atoms with Crippen molar-refractivity contribution in [2.45, 2.75) is 33.6 Å². The number of hydrogen-bond donors (Lipinski definition) is 1. The maximum Gasteiger partial charge on any atom is 0.277 e. The van der Waals surface area contributed by atoms with Crippen LogP contribution in [0.25, 0.3) is 0 Å². The third kappa shape index (κ3) is 4.92. The fourth-order valence-corrected chi connectivity index (χ4v) is 3.25. The lowest BCUT2D eigenvalue weighted by atomic mass is 10.0. The largest absolute Gasteiger partial charge is 0.483 e. The van der Waals surface area contributed by atoms with Gasteiger partial charge in [-0.3, -0.25) is 4.79 Å². The number of carbonyl (C=O) groups excluding carboxylic acids is 1. The fraction of sp³-hybridized carbons (Fsp3) is 0.333. The molecule has 0 bridgehead atoms. The van der Waals surface area contributed by atoms with E-state index in [1.807, 2.05) is 37.4 Å². The van der Waals surface area contributed by atoms with Gasteiger partial charge in [0, 0.05) is 9.35 Å². The molecule has 0 saturated heterocycles. The average molecular weight is 409 g/mol. The number of hydrazone groups is 1. The second kappa shape index (κ2) is 8.44. The Balaban J connectivity index is 1.95. The summed E-state index contributed by atoms with van der Waals surface area (Å²) in [7, 11) is 0. The number of ether oxygens (including phenoxy) is 1. The normalized spacial score (nSPS) is 11.2. The third-order valence-electron chi connectivity index (χ3n) is 3.54. The number of amides is 1. The summed E-state index contributed by atoms with van der Waals surface area (Å²) in [6.07, 6.45) is 1.65. The van der Waals surface area contributed by atoms with E-state index in [0.29, 0.717) is 5.92 Å². The number of hydrogen-bond acceptors (Lipinski definition) is 4. The zero-order valence-corrected chi connectivity index (χ0v) is 16.6. The number of aryl methyl sites for hydroxylation is 2. The monoisotopic (exact) mass is 408 g/mol. The van der Waals surface area contributed by atoms with Gasteiger partial charge < -0.3 is 4.74 Å². The summed E-state index contributed by atoms with van der Waals surface area (Å²) in [5.74, 6) is 0.759. The zero-order chi connectivity index (χ0) is 17.7. The van der Waals surface area contributed by atoms with Gasteiger partial charge in [0.05, 0.1) is 6.21 Å². The number of nitrogens with one attached hydrogen (secondary N) is 1. The Kier molecular flexibility index (Phi) is 6.57. The first-order valence-electron chi connectivity index (χ1n) is 7.67. The molecule has 0 radical (unpaired) electrons. The molecule has 6 heteroatoms. The van der Waals surface area contributed by atoms with Crippen molar-refractivity contribution in [1.82, 2.24) is 5.43 Å². The molecular weight excluding hydrogens is 388 g/mol. The molecule has 1 N–H and O–H groups in total. The van der Waals surface area contributed by atoms with Crippen molar-refractivity contribution in [3.63, 3.8) is 0 Å². The van der Waals surface area contributed by atoms with Crippen molar-refractivity contribution in [1.29, 1.82) is 0 Å². The first-order chi connectivity index (χ1) is 11.4. The number of benzene rings is 1. The molecule has 2 aromatic rings. The molecule has 1 amide bonds. The number of thiophene rings is 1. The highest BCUT2D eigenvalue weighted by Gasteiger charge is 2.12. The van der Waals surface area contributed by atoms with Crippen LogP contribution >= 0.6 is 27.3 Å². The molecular formula is C18H21BrN2O2S. The minimum absolute atomic E-state index is 0.0679. The molecule has 0 aliphatic carbocycles. The topological polar surface area (TPSA) is 50.7 Å². The predicted molar refractivity (Wildman–Crippen MR) is 103 cm³/mol. The molecule has 0 spiro atoms. The molecule has 0 saturated carbocycles. The fourth-order valence-electron chi connectivity index (χ4n) is 2.10. The van der Waals surface area contributed by atoms with Gasteiger partial charge in [0.2, 0.25) is 0 Å². The molecule has 0 atom stereocenters. The summed E-state index contributed by atoms with van der Waals surface area (Å²) in [6.45, 7) is 8.12. The molecule has 1 aromatic carbocycles. The highest BCUT2D eigenvalue weighted by Crippen LogP contribution is 2.32. The number of nitrogens with zero attached hydrogens (tertiary/aromatic N) is 1.